The number of thioether (sulfide) groups is 1. The van der Waals surface area contributed by atoms with Gasteiger partial charge in [-0.25, -0.2) is 15.0 Å². The van der Waals surface area contributed by atoms with Crippen LogP contribution in [0.15, 0.2) is 21.7 Å². The van der Waals surface area contributed by atoms with Gasteiger partial charge in [0.1, 0.15) is 0 Å². The summed E-state index contributed by atoms with van der Waals surface area (Å²) in [5.74, 6) is 1.27. The quantitative estimate of drug-likeness (QED) is 0.302. The molecule has 11 heteroatoms. The fourth-order valence-electron chi connectivity index (χ4n) is 3.00. The van der Waals surface area contributed by atoms with Gasteiger partial charge in [0.15, 0.2) is 33.7 Å². The van der Waals surface area contributed by atoms with Crippen LogP contribution in [0.5, 0.6) is 0 Å². The first kappa shape index (κ1) is 22.8. The highest BCUT2D eigenvalue weighted by molar-refractivity contribution is 7.98. The Labute approximate surface area is 180 Å². The Morgan fingerprint density at radius 3 is 2.40 bits per heavy atom. The zero-order valence-corrected chi connectivity index (χ0v) is 19.8. The fraction of sp³-hybridized carbons (Fsp3) is 0.526. The number of furan rings is 1. The number of rotatable bonds is 8. The normalized spacial score (nSPS) is 12.7. The van der Waals surface area contributed by atoms with Crippen LogP contribution in [0, 0.1) is 5.41 Å². The van der Waals surface area contributed by atoms with Gasteiger partial charge in [0.05, 0.1) is 13.2 Å². The Morgan fingerprint density at radius 2 is 1.83 bits per heavy atom. The third kappa shape index (κ3) is 4.56. The highest BCUT2D eigenvalue weighted by Crippen LogP contribution is 2.47. The molecule has 3 rings (SSSR count). The standard InChI is InChI=1S/C19H28N5O4PS/c1-7-26-29(25,27-8-2)13-10-9-12(28-13)16-21-14-15(20)22-18(30-6)23-17(14)24(16)11-19(3,4)5/h9-10H,7-8,11H2,1-6H3,(H2,20,22,23). The van der Waals surface area contributed by atoms with Crippen LogP contribution < -0.4 is 11.2 Å². The highest BCUT2D eigenvalue weighted by atomic mass is 32.2. The van der Waals surface area contributed by atoms with E-state index in [0.29, 0.717) is 40.3 Å². The van der Waals surface area contributed by atoms with E-state index < -0.39 is 7.60 Å². The van der Waals surface area contributed by atoms with E-state index in [-0.39, 0.29) is 24.1 Å². The summed E-state index contributed by atoms with van der Waals surface area (Å²) in [6.45, 7) is 11.0. The van der Waals surface area contributed by atoms with Crippen molar-refractivity contribution in [3.05, 3.63) is 12.1 Å². The summed E-state index contributed by atoms with van der Waals surface area (Å²) < 4.78 is 31.7. The summed E-state index contributed by atoms with van der Waals surface area (Å²) in [6.07, 6.45) is 1.89. The van der Waals surface area contributed by atoms with Crippen LogP contribution >= 0.6 is 19.4 Å². The van der Waals surface area contributed by atoms with Crippen molar-refractivity contribution in [3.63, 3.8) is 0 Å². The summed E-state index contributed by atoms with van der Waals surface area (Å²) >= 11 is 1.41. The molecule has 0 unspecified atom stereocenters. The minimum absolute atomic E-state index is 0.0665. The Morgan fingerprint density at radius 1 is 1.17 bits per heavy atom. The lowest BCUT2D eigenvalue weighted by atomic mass is 9.97. The molecule has 0 fully saturated rings. The van der Waals surface area contributed by atoms with Crippen LogP contribution in [-0.2, 0) is 20.2 Å². The van der Waals surface area contributed by atoms with E-state index in [1.807, 2.05) is 10.8 Å². The van der Waals surface area contributed by atoms with Gasteiger partial charge in [0.25, 0.3) is 0 Å². The monoisotopic (exact) mass is 453 g/mol. The number of anilines is 1. The predicted molar refractivity (Wildman–Crippen MR) is 119 cm³/mol. The van der Waals surface area contributed by atoms with Crippen molar-refractivity contribution in [1.82, 2.24) is 19.5 Å². The molecular weight excluding hydrogens is 425 g/mol. The Kier molecular flexibility index (Phi) is 6.62. The van der Waals surface area contributed by atoms with Crippen LogP contribution in [0.25, 0.3) is 22.7 Å². The van der Waals surface area contributed by atoms with Crippen molar-refractivity contribution < 1.29 is 18.0 Å². The average Bonchev–Trinajstić information content (AvgIpc) is 3.27. The molecule has 0 aromatic carbocycles. The van der Waals surface area contributed by atoms with Gasteiger partial charge in [0, 0.05) is 6.54 Å². The van der Waals surface area contributed by atoms with Crippen LogP contribution in [-0.4, -0.2) is 39.0 Å². The molecule has 3 aromatic heterocycles. The summed E-state index contributed by atoms with van der Waals surface area (Å²) in [5.41, 5.74) is 7.36. The third-order valence-electron chi connectivity index (χ3n) is 4.10. The van der Waals surface area contributed by atoms with Crippen LogP contribution in [0.4, 0.5) is 5.82 Å². The van der Waals surface area contributed by atoms with Crippen LogP contribution in [0.1, 0.15) is 34.6 Å². The molecule has 0 aliphatic rings. The largest absolute Gasteiger partial charge is 0.445 e. The van der Waals surface area contributed by atoms with Crippen LogP contribution in [0.3, 0.4) is 0 Å². The van der Waals surface area contributed by atoms with E-state index >= 15 is 0 Å². The maximum Gasteiger partial charge on any atom is 0.396 e. The first-order chi connectivity index (χ1) is 14.1. The molecule has 0 aliphatic carbocycles. The molecule has 0 spiro atoms. The molecule has 9 nitrogen and oxygen atoms in total. The number of hydrogen-bond donors (Lipinski definition) is 1. The number of nitrogen functional groups attached to an aromatic ring is 1. The molecule has 0 saturated heterocycles. The molecule has 0 amide bonds. The van der Waals surface area contributed by atoms with Gasteiger partial charge in [-0.2, -0.15) is 0 Å². The van der Waals surface area contributed by atoms with Gasteiger partial charge in [0.2, 0.25) is 5.50 Å². The molecule has 0 saturated carbocycles. The second-order valence-electron chi connectivity index (χ2n) is 7.82. The zero-order chi connectivity index (χ0) is 22.1. The predicted octanol–water partition coefficient (Wildman–Crippen LogP) is 4.33. The lowest BCUT2D eigenvalue weighted by molar-refractivity contribution is 0.225. The van der Waals surface area contributed by atoms with Gasteiger partial charge in [-0.3, -0.25) is 4.57 Å². The fourth-order valence-corrected chi connectivity index (χ4v) is 4.85. The van der Waals surface area contributed by atoms with Gasteiger partial charge in [-0.15, -0.1) is 0 Å². The Bertz CT molecular complexity index is 1080. The summed E-state index contributed by atoms with van der Waals surface area (Å²) in [6, 6.07) is 3.31. The van der Waals surface area contributed by atoms with E-state index in [0.717, 1.165) is 0 Å². The second-order valence-corrected chi connectivity index (χ2v) is 10.5. The van der Waals surface area contributed by atoms with Crippen LogP contribution in [0.2, 0.25) is 0 Å². The lowest BCUT2D eigenvalue weighted by Crippen LogP contribution is -2.17. The Hall–Kier alpha value is -1.87. The minimum Gasteiger partial charge on any atom is -0.445 e. The molecule has 3 heterocycles. The Balaban J connectivity index is 2.18. The van der Waals surface area contributed by atoms with E-state index in [9.17, 15) is 4.57 Å². The highest BCUT2D eigenvalue weighted by Gasteiger charge is 2.32. The lowest BCUT2D eigenvalue weighted by Gasteiger charge is -2.20. The van der Waals surface area contributed by atoms with E-state index in [4.69, 9.17) is 19.2 Å². The molecule has 0 atom stereocenters. The third-order valence-corrected chi connectivity index (χ3v) is 6.62. The van der Waals surface area contributed by atoms with E-state index in [1.165, 1.54) is 11.8 Å². The molecular formula is C19H28N5O4PS. The first-order valence-electron chi connectivity index (χ1n) is 9.69. The number of nitrogens with zero attached hydrogens (tertiary/aromatic N) is 4. The molecule has 0 radical (unpaired) electrons. The molecule has 3 aromatic rings. The maximum absolute atomic E-state index is 13.1. The molecule has 30 heavy (non-hydrogen) atoms. The van der Waals surface area contributed by atoms with Crippen molar-refractivity contribution in [2.45, 2.75) is 46.3 Å². The van der Waals surface area contributed by atoms with Gasteiger partial charge in [-0.1, -0.05) is 32.5 Å². The number of hydrogen-bond acceptors (Lipinski definition) is 9. The topological polar surface area (TPSA) is 118 Å². The molecule has 0 bridgehead atoms. The number of aromatic nitrogens is 4. The van der Waals surface area contributed by atoms with Gasteiger partial charge in [-0.05, 0) is 37.7 Å². The number of imidazole rings is 1. The van der Waals surface area contributed by atoms with Gasteiger partial charge < -0.3 is 23.8 Å². The van der Waals surface area contributed by atoms with Crippen molar-refractivity contribution >= 4 is 41.8 Å². The summed E-state index contributed by atoms with van der Waals surface area (Å²) in [5, 5.41) is 0.568. The minimum atomic E-state index is -3.54. The molecule has 0 aliphatic heterocycles. The van der Waals surface area contributed by atoms with E-state index in [2.05, 4.69) is 35.7 Å². The molecule has 2 N–H and O–H groups in total. The average molecular weight is 454 g/mol. The SMILES string of the molecule is CCOP(=O)(OCC)c1ccc(-c2nc3c(N)nc(SC)nc3n2CC(C)(C)C)o1. The first-order valence-corrected chi connectivity index (χ1v) is 12.5. The van der Waals surface area contributed by atoms with E-state index in [1.54, 1.807) is 26.0 Å². The van der Waals surface area contributed by atoms with Gasteiger partial charge >= 0.3 is 7.60 Å². The second kappa shape index (κ2) is 8.70. The van der Waals surface area contributed by atoms with Crippen molar-refractivity contribution in [3.8, 4) is 11.6 Å². The summed E-state index contributed by atoms with van der Waals surface area (Å²) in [4.78, 5) is 13.6. The van der Waals surface area contributed by atoms with Crippen molar-refractivity contribution in [2.75, 3.05) is 25.2 Å². The van der Waals surface area contributed by atoms with Crippen molar-refractivity contribution in [1.29, 1.82) is 0 Å². The van der Waals surface area contributed by atoms with Crippen molar-refractivity contribution in [2.24, 2.45) is 5.41 Å². The summed E-state index contributed by atoms with van der Waals surface area (Å²) in [7, 11) is -3.54. The maximum atomic E-state index is 13.1. The number of fused-ring (bicyclic) bond motifs is 1. The zero-order valence-electron chi connectivity index (χ0n) is 18.1. The smallest absolute Gasteiger partial charge is 0.396 e. The molecule has 164 valence electrons. The number of nitrogens with two attached hydrogens (primary N) is 1.